The minimum absolute atomic E-state index is 0.0980. The van der Waals surface area contributed by atoms with Gasteiger partial charge in [-0.1, -0.05) is 42.0 Å². The van der Waals surface area contributed by atoms with E-state index < -0.39 is 11.7 Å². The first kappa shape index (κ1) is 48.4. The number of nitrogens with zero attached hydrogens (tertiary/aromatic N) is 5. The molecule has 2 fully saturated rings. The van der Waals surface area contributed by atoms with Crippen molar-refractivity contribution in [2.24, 2.45) is 0 Å². The summed E-state index contributed by atoms with van der Waals surface area (Å²) in [7, 11) is 7.30. The number of hydrogen-bond acceptors (Lipinski definition) is 9. The zero-order valence-corrected chi connectivity index (χ0v) is 38.4. The van der Waals surface area contributed by atoms with E-state index in [2.05, 4.69) is 52.0 Å². The second-order valence-corrected chi connectivity index (χ2v) is 17.9. The van der Waals surface area contributed by atoms with Crippen molar-refractivity contribution in [2.75, 3.05) is 77.3 Å². The first-order chi connectivity index (χ1) is 30.7. The average molecular weight is 881 g/mol. The molecule has 0 saturated carbocycles. The number of rotatable bonds is 20. The number of likely N-dealkylation sites (tertiary alicyclic amines) is 1. The third-order valence-electron chi connectivity index (χ3n) is 12.9. The lowest BCUT2D eigenvalue weighted by Crippen LogP contribution is -2.38. The van der Waals surface area contributed by atoms with Gasteiger partial charge in [-0.05, 0) is 143 Å². The van der Waals surface area contributed by atoms with Crippen LogP contribution in [0.4, 0.5) is 24.5 Å². The highest BCUT2D eigenvalue weighted by atomic mass is 19.4. The van der Waals surface area contributed by atoms with Gasteiger partial charge in [0, 0.05) is 82.7 Å². The van der Waals surface area contributed by atoms with Gasteiger partial charge in [0.1, 0.15) is 12.6 Å². The average Bonchev–Trinajstić information content (AvgIpc) is 3.29. The second-order valence-electron chi connectivity index (χ2n) is 17.9. The lowest BCUT2D eigenvalue weighted by atomic mass is 9.88. The fourth-order valence-corrected chi connectivity index (χ4v) is 9.01. The quantitative estimate of drug-likeness (QED) is 0.0884. The number of aldehydes is 2. The van der Waals surface area contributed by atoms with Crippen molar-refractivity contribution in [3.63, 3.8) is 0 Å². The number of carbonyl (C=O) groups excluding carboxylic acids is 2. The van der Waals surface area contributed by atoms with Gasteiger partial charge in [0.05, 0.1) is 30.0 Å². The van der Waals surface area contributed by atoms with Crippen molar-refractivity contribution < 1.29 is 27.5 Å². The molecule has 0 aliphatic carbocycles. The SMILES string of the molecule is C=C(C)CCC(C=O)N(C)Cc1cc(N2CCC(c3ccc(COC4CCN(CC5=CN(C)/C(=C\N(C)c6cccc(CCNC)c6)C(C(F)(F)F)=C5)CC4)cc3)CC2)ccc1C=O. The van der Waals surface area contributed by atoms with E-state index in [1.807, 2.05) is 68.5 Å². The largest absolute Gasteiger partial charge is 0.418 e. The van der Waals surface area contributed by atoms with Crippen LogP contribution in [0.3, 0.4) is 0 Å². The van der Waals surface area contributed by atoms with Crippen LogP contribution in [0.5, 0.6) is 0 Å². The standard InChI is InChI=1S/C52H67F3N6O3/c1-38(2)10-16-48(36-63)57(4)33-45-30-47(17-15-44(45)35-62)61-26-19-43(20-27-61)42-13-11-40(12-14-42)37-64-49-21-24-60(25-22-49)32-41-29-50(52(53,54)55)51(59(6)31-41)34-58(5)46-9-7-8-39(28-46)18-23-56-3/h7-9,11-15,17,28-31,34-36,43,48-49,56H,1,10,16,18-27,32-33,37H2,2-6H3/b51-34-. The molecule has 3 aromatic rings. The van der Waals surface area contributed by atoms with Crippen molar-refractivity contribution >= 4 is 23.9 Å². The maximum atomic E-state index is 14.5. The van der Waals surface area contributed by atoms with E-state index in [1.54, 1.807) is 30.1 Å². The number of allylic oxidation sites excluding steroid dienone is 2. The predicted octanol–water partition coefficient (Wildman–Crippen LogP) is 9.28. The number of piperidine rings is 2. The highest BCUT2D eigenvalue weighted by Crippen LogP contribution is 2.38. The Morgan fingerprint density at radius 1 is 0.969 bits per heavy atom. The van der Waals surface area contributed by atoms with Crippen molar-refractivity contribution in [3.8, 4) is 0 Å². The van der Waals surface area contributed by atoms with Crippen LogP contribution in [0.25, 0.3) is 0 Å². The predicted molar refractivity (Wildman–Crippen MR) is 253 cm³/mol. The summed E-state index contributed by atoms with van der Waals surface area (Å²) in [5.74, 6) is 0.457. The summed E-state index contributed by atoms with van der Waals surface area (Å²) >= 11 is 0. The zero-order chi connectivity index (χ0) is 45.8. The van der Waals surface area contributed by atoms with Crippen molar-refractivity contribution in [1.82, 2.24) is 20.0 Å². The second kappa shape index (κ2) is 22.7. The van der Waals surface area contributed by atoms with Gasteiger partial charge >= 0.3 is 6.18 Å². The van der Waals surface area contributed by atoms with Crippen LogP contribution >= 0.6 is 0 Å². The highest BCUT2D eigenvalue weighted by Gasteiger charge is 2.39. The molecule has 344 valence electrons. The maximum absolute atomic E-state index is 14.5. The van der Waals surface area contributed by atoms with Crippen LogP contribution < -0.4 is 15.1 Å². The summed E-state index contributed by atoms with van der Waals surface area (Å²) in [4.78, 5) is 33.8. The molecule has 12 heteroatoms. The molecule has 1 N–H and O–H groups in total. The van der Waals surface area contributed by atoms with E-state index >= 15 is 0 Å². The Morgan fingerprint density at radius 3 is 2.36 bits per heavy atom. The number of benzene rings is 3. The van der Waals surface area contributed by atoms with Gasteiger partial charge in [-0.25, -0.2) is 0 Å². The summed E-state index contributed by atoms with van der Waals surface area (Å²) in [6, 6.07) is 22.5. The van der Waals surface area contributed by atoms with Crippen LogP contribution in [0.2, 0.25) is 0 Å². The van der Waals surface area contributed by atoms with Gasteiger partial charge in [-0.15, -0.1) is 6.58 Å². The Balaban J connectivity index is 0.957. The summed E-state index contributed by atoms with van der Waals surface area (Å²) in [5.41, 5.74) is 8.25. The normalized spacial score (nSPS) is 18.0. The number of hydrogen-bond donors (Lipinski definition) is 1. The van der Waals surface area contributed by atoms with Crippen LogP contribution in [0.15, 0.2) is 114 Å². The van der Waals surface area contributed by atoms with Crippen molar-refractivity contribution in [1.29, 1.82) is 0 Å². The van der Waals surface area contributed by atoms with Gasteiger partial charge in [0.15, 0.2) is 0 Å². The molecule has 3 aliphatic rings. The summed E-state index contributed by atoms with van der Waals surface area (Å²) < 4.78 is 49.9. The molecule has 0 spiro atoms. The molecule has 3 heterocycles. The molecule has 0 radical (unpaired) electrons. The molecule has 9 nitrogen and oxygen atoms in total. The lowest BCUT2D eigenvalue weighted by Gasteiger charge is -2.35. The van der Waals surface area contributed by atoms with E-state index in [4.69, 9.17) is 4.74 Å². The Bertz CT molecular complexity index is 2130. The molecular weight excluding hydrogens is 814 g/mol. The van der Waals surface area contributed by atoms with E-state index in [-0.39, 0.29) is 17.8 Å². The van der Waals surface area contributed by atoms with Gasteiger partial charge in [0.2, 0.25) is 0 Å². The number of halogens is 3. The van der Waals surface area contributed by atoms with Crippen LogP contribution in [0, 0.1) is 0 Å². The fraction of sp³-hybridized carbons (Fsp3) is 0.462. The highest BCUT2D eigenvalue weighted by molar-refractivity contribution is 5.78. The first-order valence-corrected chi connectivity index (χ1v) is 22.7. The molecule has 0 aromatic heterocycles. The Hall–Kier alpha value is -5.01. The van der Waals surface area contributed by atoms with Crippen molar-refractivity contribution in [2.45, 2.75) is 89.3 Å². The van der Waals surface area contributed by atoms with Gasteiger partial charge in [-0.3, -0.25) is 14.6 Å². The fourth-order valence-electron chi connectivity index (χ4n) is 9.01. The van der Waals surface area contributed by atoms with Crippen LogP contribution in [-0.4, -0.2) is 113 Å². The molecule has 3 aliphatic heterocycles. The van der Waals surface area contributed by atoms with E-state index in [0.29, 0.717) is 43.2 Å². The summed E-state index contributed by atoms with van der Waals surface area (Å²) in [6.45, 7) is 11.6. The van der Waals surface area contributed by atoms with Crippen LogP contribution in [0.1, 0.15) is 84.0 Å². The molecule has 0 amide bonds. The minimum Gasteiger partial charge on any atom is -0.373 e. The van der Waals surface area contributed by atoms with Gasteiger partial charge in [0.25, 0.3) is 0 Å². The monoisotopic (exact) mass is 881 g/mol. The van der Waals surface area contributed by atoms with Crippen molar-refractivity contribution in [3.05, 3.63) is 142 Å². The van der Waals surface area contributed by atoms with Gasteiger partial charge in [-0.2, -0.15) is 13.2 Å². The van der Waals surface area contributed by atoms with E-state index in [9.17, 15) is 22.8 Å². The number of ether oxygens (including phenoxy) is 1. The number of anilines is 2. The molecule has 3 aromatic carbocycles. The molecule has 0 bridgehead atoms. The van der Waals surface area contributed by atoms with E-state index in [1.165, 1.54) is 11.6 Å². The summed E-state index contributed by atoms with van der Waals surface area (Å²) in [5, 5.41) is 3.14. The third-order valence-corrected chi connectivity index (χ3v) is 12.9. The summed E-state index contributed by atoms with van der Waals surface area (Å²) in [6.07, 6.45) is 8.20. The zero-order valence-electron chi connectivity index (χ0n) is 38.4. The number of nitrogens with one attached hydrogen (secondary N) is 1. The first-order valence-electron chi connectivity index (χ1n) is 22.7. The topological polar surface area (TPSA) is 71.6 Å². The maximum Gasteiger partial charge on any atom is 0.418 e. The molecular formula is C52H67F3N6O3. The smallest absolute Gasteiger partial charge is 0.373 e. The molecule has 64 heavy (non-hydrogen) atoms. The third kappa shape index (κ3) is 13.3. The Labute approximate surface area is 378 Å². The Morgan fingerprint density at radius 2 is 1.70 bits per heavy atom. The molecule has 6 rings (SSSR count). The minimum atomic E-state index is -4.50. The van der Waals surface area contributed by atoms with E-state index in [0.717, 1.165) is 117 Å². The number of alkyl halides is 3. The molecule has 1 unspecified atom stereocenters. The Kier molecular flexibility index (Phi) is 17.2. The molecule has 2 saturated heterocycles. The van der Waals surface area contributed by atoms with Crippen LogP contribution in [-0.2, 0) is 29.1 Å². The van der Waals surface area contributed by atoms with Gasteiger partial charge < -0.3 is 29.5 Å². The lowest BCUT2D eigenvalue weighted by molar-refractivity contribution is -0.112. The number of likely N-dealkylation sites (N-methyl/N-ethyl adjacent to an activating group) is 3. The molecule has 1 atom stereocenters. The number of carbonyl (C=O) groups is 2.